The fourth-order valence-corrected chi connectivity index (χ4v) is 2.59. The van der Waals surface area contributed by atoms with Gasteiger partial charge in [-0.2, -0.15) is 0 Å². The Kier molecular flexibility index (Phi) is 6.36. The molecule has 7 heteroatoms. The zero-order valence-corrected chi connectivity index (χ0v) is 14.6. The summed E-state index contributed by atoms with van der Waals surface area (Å²) in [6, 6.07) is 5.80. The number of halogens is 1. The molecule has 3 rings (SSSR count). The second-order valence-electron chi connectivity index (χ2n) is 5.80. The van der Waals surface area contributed by atoms with Gasteiger partial charge in [0.05, 0.1) is 18.9 Å². The molecule has 1 atom stereocenters. The lowest BCUT2D eigenvalue weighted by Crippen LogP contribution is -2.43. The van der Waals surface area contributed by atoms with E-state index in [1.807, 2.05) is 32.0 Å². The van der Waals surface area contributed by atoms with Crippen molar-refractivity contribution >= 4 is 24.0 Å². The second kappa shape index (κ2) is 8.28. The summed E-state index contributed by atoms with van der Waals surface area (Å²) in [4.78, 5) is 16.5. The largest absolute Gasteiger partial charge is 0.444 e. The van der Waals surface area contributed by atoms with Gasteiger partial charge in [0.25, 0.3) is 0 Å². The molecule has 0 aliphatic carbocycles. The number of morpholine rings is 1. The third-order valence-electron chi connectivity index (χ3n) is 3.80. The van der Waals surface area contributed by atoms with Gasteiger partial charge in [0.1, 0.15) is 6.26 Å². The Morgan fingerprint density at radius 3 is 2.92 bits per heavy atom. The van der Waals surface area contributed by atoms with Crippen molar-refractivity contribution in [1.29, 1.82) is 0 Å². The van der Waals surface area contributed by atoms with Crippen LogP contribution < -0.4 is 10.6 Å². The van der Waals surface area contributed by atoms with E-state index in [0.717, 1.165) is 29.1 Å². The van der Waals surface area contributed by atoms with Crippen LogP contribution in [-0.4, -0.2) is 36.7 Å². The molecule has 1 unspecified atom stereocenters. The van der Waals surface area contributed by atoms with E-state index in [-0.39, 0.29) is 24.4 Å². The fourth-order valence-electron chi connectivity index (χ4n) is 2.59. The fraction of sp³-hybridized carbons (Fsp3) is 0.412. The molecule has 1 aliphatic heterocycles. The van der Waals surface area contributed by atoms with Crippen LogP contribution in [0.4, 0.5) is 5.69 Å². The molecule has 2 aromatic rings. The lowest BCUT2D eigenvalue weighted by molar-refractivity contribution is -0.117. The molecule has 2 heterocycles. The molecule has 1 aromatic carbocycles. The van der Waals surface area contributed by atoms with Gasteiger partial charge in [-0.1, -0.05) is 6.07 Å². The van der Waals surface area contributed by atoms with Gasteiger partial charge in [-0.15, -0.1) is 12.4 Å². The number of hydrogen-bond donors (Lipinski definition) is 2. The maximum Gasteiger partial charge on any atom is 0.226 e. The maximum absolute atomic E-state index is 12.2. The van der Waals surface area contributed by atoms with Gasteiger partial charge >= 0.3 is 0 Å². The lowest BCUT2D eigenvalue weighted by atomic mass is 10.1. The van der Waals surface area contributed by atoms with Crippen LogP contribution in [0.3, 0.4) is 0 Å². The summed E-state index contributed by atoms with van der Waals surface area (Å²) in [6.07, 6.45) is 2.01. The van der Waals surface area contributed by atoms with Crippen molar-refractivity contribution in [1.82, 2.24) is 10.3 Å². The number of aromatic nitrogens is 1. The molecule has 130 valence electrons. The number of carbonyl (C=O) groups excluding carboxylic acids is 1. The van der Waals surface area contributed by atoms with Crippen LogP contribution >= 0.6 is 12.4 Å². The minimum absolute atomic E-state index is 0. The Balaban J connectivity index is 0.00000208. The van der Waals surface area contributed by atoms with Gasteiger partial charge in [0, 0.05) is 30.3 Å². The van der Waals surface area contributed by atoms with Crippen LogP contribution in [0.1, 0.15) is 17.7 Å². The first-order valence-electron chi connectivity index (χ1n) is 7.76. The highest BCUT2D eigenvalue weighted by Crippen LogP contribution is 2.26. The highest BCUT2D eigenvalue weighted by molar-refractivity contribution is 5.91. The van der Waals surface area contributed by atoms with E-state index in [1.54, 1.807) is 6.26 Å². The van der Waals surface area contributed by atoms with E-state index in [0.29, 0.717) is 25.5 Å². The Hall–Kier alpha value is -1.89. The van der Waals surface area contributed by atoms with E-state index in [1.165, 1.54) is 0 Å². The van der Waals surface area contributed by atoms with E-state index in [9.17, 15) is 4.79 Å². The van der Waals surface area contributed by atoms with Gasteiger partial charge in [0.15, 0.2) is 0 Å². The maximum atomic E-state index is 12.2. The number of amides is 1. The number of nitrogens with one attached hydrogen (secondary N) is 2. The Bertz CT molecular complexity index is 696. The quantitative estimate of drug-likeness (QED) is 0.885. The normalized spacial score (nSPS) is 17.2. The topological polar surface area (TPSA) is 76.4 Å². The van der Waals surface area contributed by atoms with Crippen molar-refractivity contribution < 1.29 is 13.9 Å². The molecule has 1 fully saturated rings. The van der Waals surface area contributed by atoms with Gasteiger partial charge in [0.2, 0.25) is 11.8 Å². The number of nitrogens with zero attached hydrogens (tertiary/aromatic N) is 1. The molecule has 0 saturated carbocycles. The molecule has 1 amide bonds. The highest BCUT2D eigenvalue weighted by Gasteiger charge is 2.17. The molecular formula is C17H22ClN3O3. The minimum atomic E-state index is -0.0358. The van der Waals surface area contributed by atoms with Crippen molar-refractivity contribution in [3.05, 3.63) is 35.7 Å². The third-order valence-corrected chi connectivity index (χ3v) is 3.80. The summed E-state index contributed by atoms with van der Waals surface area (Å²) in [5.41, 5.74) is 3.50. The van der Waals surface area contributed by atoms with E-state index in [2.05, 4.69) is 15.6 Å². The molecule has 6 nitrogen and oxygen atoms in total. The first-order valence-corrected chi connectivity index (χ1v) is 7.76. The molecule has 0 bridgehead atoms. The number of benzene rings is 1. The van der Waals surface area contributed by atoms with E-state index < -0.39 is 0 Å². The first kappa shape index (κ1) is 18.4. The number of aryl methyl sites for hydroxylation is 2. The number of oxazole rings is 1. The summed E-state index contributed by atoms with van der Waals surface area (Å²) in [5.74, 6) is 0.532. The summed E-state index contributed by atoms with van der Waals surface area (Å²) in [7, 11) is 0. The predicted molar refractivity (Wildman–Crippen MR) is 94.5 cm³/mol. The van der Waals surface area contributed by atoms with Crippen molar-refractivity contribution in [3.8, 4) is 11.5 Å². The summed E-state index contributed by atoms with van der Waals surface area (Å²) in [5, 5.41) is 6.20. The Morgan fingerprint density at radius 2 is 2.25 bits per heavy atom. The monoisotopic (exact) mass is 351 g/mol. The molecule has 24 heavy (non-hydrogen) atoms. The van der Waals surface area contributed by atoms with E-state index >= 15 is 0 Å². The Morgan fingerprint density at radius 1 is 1.42 bits per heavy atom. The standard InChI is InChI=1S/C17H21N3O3.ClH/c1-11-3-4-13(7-15(11)17-19-12(2)9-23-17)20-16(21)8-14-10-22-6-5-18-14;/h3-4,7,9,14,18H,5-6,8,10H2,1-2H3,(H,20,21);1H. The minimum Gasteiger partial charge on any atom is -0.444 e. The average Bonchev–Trinajstić information content (AvgIpc) is 2.96. The summed E-state index contributed by atoms with van der Waals surface area (Å²) in [6.45, 7) is 5.93. The molecule has 0 radical (unpaired) electrons. The lowest BCUT2D eigenvalue weighted by Gasteiger charge is -2.23. The summed E-state index contributed by atoms with van der Waals surface area (Å²) < 4.78 is 10.8. The van der Waals surface area contributed by atoms with Crippen LogP contribution in [-0.2, 0) is 9.53 Å². The number of hydrogen-bond acceptors (Lipinski definition) is 5. The van der Waals surface area contributed by atoms with Crippen molar-refractivity contribution in [2.45, 2.75) is 26.3 Å². The van der Waals surface area contributed by atoms with E-state index in [4.69, 9.17) is 9.15 Å². The molecule has 0 spiro atoms. The van der Waals surface area contributed by atoms with Crippen molar-refractivity contribution in [3.63, 3.8) is 0 Å². The number of anilines is 1. The smallest absolute Gasteiger partial charge is 0.226 e. The van der Waals surface area contributed by atoms with Crippen molar-refractivity contribution in [2.24, 2.45) is 0 Å². The zero-order chi connectivity index (χ0) is 16.2. The third kappa shape index (κ3) is 4.56. The molecule has 1 saturated heterocycles. The summed E-state index contributed by atoms with van der Waals surface area (Å²) >= 11 is 0. The van der Waals surface area contributed by atoms with Gasteiger partial charge in [-0.3, -0.25) is 4.79 Å². The molecule has 1 aliphatic rings. The average molecular weight is 352 g/mol. The van der Waals surface area contributed by atoms with Crippen LogP contribution in [0.15, 0.2) is 28.9 Å². The number of ether oxygens (including phenoxy) is 1. The predicted octanol–water partition coefficient (Wildman–Crippen LogP) is 2.70. The number of carbonyl (C=O) groups is 1. The van der Waals surface area contributed by atoms with Crippen molar-refractivity contribution in [2.75, 3.05) is 25.1 Å². The molecular weight excluding hydrogens is 330 g/mol. The van der Waals surface area contributed by atoms with Gasteiger partial charge in [-0.05, 0) is 31.5 Å². The van der Waals surface area contributed by atoms with Crippen LogP contribution in [0.2, 0.25) is 0 Å². The van der Waals surface area contributed by atoms with Gasteiger partial charge in [-0.25, -0.2) is 4.98 Å². The SMILES string of the molecule is Cc1coc(-c2cc(NC(=O)CC3COCCN3)ccc2C)n1.Cl. The second-order valence-corrected chi connectivity index (χ2v) is 5.80. The molecule has 1 aromatic heterocycles. The van der Waals surface area contributed by atoms with Crippen LogP contribution in [0.25, 0.3) is 11.5 Å². The first-order chi connectivity index (χ1) is 11.1. The zero-order valence-electron chi connectivity index (χ0n) is 13.8. The molecule has 2 N–H and O–H groups in total. The van der Waals surface area contributed by atoms with Crippen LogP contribution in [0.5, 0.6) is 0 Å². The Labute approximate surface area is 147 Å². The van der Waals surface area contributed by atoms with Gasteiger partial charge < -0.3 is 19.8 Å². The highest BCUT2D eigenvalue weighted by atomic mass is 35.5. The van der Waals surface area contributed by atoms with Crippen LogP contribution in [0, 0.1) is 13.8 Å². The number of rotatable bonds is 4.